The van der Waals surface area contributed by atoms with Crippen LogP contribution in [0.3, 0.4) is 0 Å². The van der Waals surface area contributed by atoms with Crippen molar-refractivity contribution in [2.24, 2.45) is 0 Å². The molecule has 0 radical (unpaired) electrons. The fourth-order valence-electron chi connectivity index (χ4n) is 3.07. The lowest BCUT2D eigenvalue weighted by atomic mass is 10.2. The van der Waals surface area contributed by atoms with Gasteiger partial charge in [-0.3, -0.25) is 9.69 Å². The Morgan fingerprint density at radius 1 is 1.26 bits per heavy atom. The number of carbonyl (C=O) groups excluding carboxylic acids is 1. The van der Waals surface area contributed by atoms with Gasteiger partial charge < -0.3 is 9.30 Å². The molecule has 31 heavy (non-hydrogen) atoms. The number of fused-ring (bicyclic) bond motifs is 1. The van der Waals surface area contributed by atoms with Gasteiger partial charge in [-0.25, -0.2) is 14.4 Å². The van der Waals surface area contributed by atoms with Crippen molar-refractivity contribution in [1.82, 2.24) is 14.5 Å². The first-order chi connectivity index (χ1) is 14.6. The third-order valence-corrected chi connectivity index (χ3v) is 5.65. The lowest BCUT2D eigenvalue weighted by Crippen LogP contribution is -2.36. The van der Waals surface area contributed by atoms with Crippen molar-refractivity contribution in [1.29, 1.82) is 0 Å². The molecule has 9 heteroatoms. The molecule has 0 N–H and O–H groups in total. The first-order valence-electron chi connectivity index (χ1n) is 9.61. The van der Waals surface area contributed by atoms with Crippen molar-refractivity contribution in [3.63, 3.8) is 0 Å². The third-order valence-electron chi connectivity index (χ3n) is 4.61. The molecular formula is C22H22ClFN4O2S. The average Bonchev–Trinajstić information content (AvgIpc) is 3.39. The van der Waals surface area contributed by atoms with Crippen LogP contribution in [0.1, 0.15) is 12.0 Å². The van der Waals surface area contributed by atoms with Crippen molar-refractivity contribution in [3.05, 3.63) is 72.6 Å². The van der Waals surface area contributed by atoms with Crippen LogP contribution in [0.25, 0.3) is 10.2 Å². The highest BCUT2D eigenvalue weighted by Gasteiger charge is 2.20. The van der Waals surface area contributed by atoms with Crippen LogP contribution in [0.5, 0.6) is 5.75 Å². The number of halogens is 2. The van der Waals surface area contributed by atoms with Crippen LogP contribution in [0, 0.1) is 12.7 Å². The van der Waals surface area contributed by atoms with Gasteiger partial charge in [0.1, 0.15) is 0 Å². The largest absolute Gasteiger partial charge is 0.481 e. The molecule has 0 aliphatic carbocycles. The molecule has 0 aliphatic heterocycles. The molecule has 2 aromatic carbocycles. The van der Waals surface area contributed by atoms with Crippen molar-refractivity contribution in [2.75, 3.05) is 18.1 Å². The molecule has 0 fully saturated rings. The number of amides is 1. The number of nitrogens with zero attached hydrogens (tertiary/aromatic N) is 4. The number of aryl methyl sites for hydroxylation is 2. The number of aromatic nitrogens is 3. The molecule has 0 bridgehead atoms. The summed E-state index contributed by atoms with van der Waals surface area (Å²) in [6.45, 7) is 2.95. The molecule has 6 nitrogen and oxygen atoms in total. The Labute approximate surface area is 189 Å². The molecule has 4 rings (SSSR count). The molecule has 0 atom stereocenters. The molecular weight excluding hydrogens is 439 g/mol. The molecule has 162 valence electrons. The fourth-order valence-corrected chi connectivity index (χ4v) is 4.18. The number of ether oxygens (including phenoxy) is 1. The van der Waals surface area contributed by atoms with Gasteiger partial charge in [-0.1, -0.05) is 29.5 Å². The van der Waals surface area contributed by atoms with Crippen LogP contribution in [0.2, 0.25) is 0 Å². The van der Waals surface area contributed by atoms with E-state index in [1.807, 2.05) is 29.8 Å². The number of thiazole rings is 1. The van der Waals surface area contributed by atoms with Crippen LogP contribution in [0.15, 0.2) is 61.2 Å². The van der Waals surface area contributed by atoms with E-state index >= 15 is 0 Å². The normalized spacial score (nSPS) is 10.6. The zero-order valence-corrected chi connectivity index (χ0v) is 18.5. The molecule has 4 aromatic rings. The van der Waals surface area contributed by atoms with Gasteiger partial charge in [-0.05, 0) is 43.2 Å². The number of para-hydroxylation sites is 1. The predicted octanol–water partition coefficient (Wildman–Crippen LogP) is 4.86. The monoisotopic (exact) mass is 460 g/mol. The highest BCUT2D eigenvalue weighted by Crippen LogP contribution is 2.30. The third kappa shape index (κ3) is 5.59. The summed E-state index contributed by atoms with van der Waals surface area (Å²) in [5.74, 6) is -0.698. The Hall–Kier alpha value is -2.97. The minimum Gasteiger partial charge on any atom is -0.481 e. The van der Waals surface area contributed by atoms with E-state index in [-0.39, 0.29) is 30.7 Å². The molecule has 0 saturated carbocycles. The first-order valence-corrected chi connectivity index (χ1v) is 10.4. The first kappa shape index (κ1) is 22.7. The predicted molar refractivity (Wildman–Crippen MR) is 123 cm³/mol. The second kappa shape index (κ2) is 10.4. The van der Waals surface area contributed by atoms with Crippen molar-refractivity contribution in [3.8, 4) is 5.75 Å². The Kier molecular flexibility index (Phi) is 7.59. The van der Waals surface area contributed by atoms with E-state index in [2.05, 4.69) is 16.0 Å². The summed E-state index contributed by atoms with van der Waals surface area (Å²) in [5.41, 5.74) is 1.99. The summed E-state index contributed by atoms with van der Waals surface area (Å²) in [6.07, 6.45) is 6.07. The second-order valence-corrected chi connectivity index (χ2v) is 7.90. The number of rotatable bonds is 8. The fraction of sp³-hybridized carbons (Fsp3) is 0.227. The van der Waals surface area contributed by atoms with E-state index < -0.39 is 5.82 Å². The number of hydrogen-bond acceptors (Lipinski definition) is 5. The number of carbonyl (C=O) groups is 1. The number of benzene rings is 2. The van der Waals surface area contributed by atoms with Gasteiger partial charge in [-0.2, -0.15) is 0 Å². The average molecular weight is 461 g/mol. The Morgan fingerprint density at radius 3 is 2.87 bits per heavy atom. The topological polar surface area (TPSA) is 60.2 Å². The maximum absolute atomic E-state index is 13.8. The van der Waals surface area contributed by atoms with Crippen LogP contribution >= 0.6 is 23.7 Å². The van der Waals surface area contributed by atoms with E-state index in [1.165, 1.54) is 23.5 Å². The lowest BCUT2D eigenvalue weighted by molar-refractivity contribution is -0.120. The van der Waals surface area contributed by atoms with E-state index in [4.69, 9.17) is 4.74 Å². The number of hydrogen-bond donors (Lipinski definition) is 0. The molecule has 0 spiro atoms. The maximum Gasteiger partial charge on any atom is 0.266 e. The van der Waals surface area contributed by atoms with Crippen molar-refractivity contribution in [2.45, 2.75) is 19.9 Å². The second-order valence-electron chi connectivity index (χ2n) is 6.89. The SMILES string of the molecule is Cc1ccc2nc(N(CCCn3ccnc3)C(=O)COc3ccccc3F)sc2c1.Cl. The highest BCUT2D eigenvalue weighted by molar-refractivity contribution is 7.22. The van der Waals surface area contributed by atoms with Gasteiger partial charge in [0.2, 0.25) is 0 Å². The van der Waals surface area contributed by atoms with Crippen molar-refractivity contribution >= 4 is 45.0 Å². The van der Waals surface area contributed by atoms with E-state index in [0.29, 0.717) is 11.7 Å². The quantitative estimate of drug-likeness (QED) is 0.376. The summed E-state index contributed by atoms with van der Waals surface area (Å²) in [5, 5.41) is 0.614. The van der Waals surface area contributed by atoms with E-state index in [0.717, 1.165) is 28.7 Å². The van der Waals surface area contributed by atoms with Gasteiger partial charge in [0.05, 0.1) is 16.5 Å². The Morgan fingerprint density at radius 2 is 2.10 bits per heavy atom. The van der Waals surface area contributed by atoms with E-state index in [9.17, 15) is 9.18 Å². The van der Waals surface area contributed by atoms with Gasteiger partial charge in [0.15, 0.2) is 23.3 Å². The summed E-state index contributed by atoms with van der Waals surface area (Å²) < 4.78 is 22.3. The van der Waals surface area contributed by atoms with E-state index in [1.54, 1.807) is 29.6 Å². The molecule has 1 amide bonds. The molecule has 0 aliphatic rings. The smallest absolute Gasteiger partial charge is 0.266 e. The summed E-state index contributed by atoms with van der Waals surface area (Å²) in [7, 11) is 0. The number of anilines is 1. The standard InChI is InChI=1S/C22H21FN4O2S.ClH/c1-16-7-8-18-20(13-16)30-22(25-18)27(11-4-10-26-12-9-24-15-26)21(28)14-29-19-6-3-2-5-17(19)23;/h2-3,5-9,12-13,15H,4,10-11,14H2,1H3;1H. The summed E-state index contributed by atoms with van der Waals surface area (Å²) in [4.78, 5) is 23.3. The Balaban J connectivity index is 0.00000272. The molecule has 2 heterocycles. The summed E-state index contributed by atoms with van der Waals surface area (Å²) >= 11 is 1.47. The van der Waals surface area contributed by atoms with Gasteiger partial charge in [-0.15, -0.1) is 12.4 Å². The molecule has 0 saturated heterocycles. The molecule has 2 aromatic heterocycles. The van der Waals surface area contributed by atoms with Gasteiger partial charge in [0, 0.05) is 25.5 Å². The van der Waals surface area contributed by atoms with Crippen molar-refractivity contribution < 1.29 is 13.9 Å². The van der Waals surface area contributed by atoms with Gasteiger partial charge in [0.25, 0.3) is 5.91 Å². The highest BCUT2D eigenvalue weighted by atomic mass is 35.5. The van der Waals surface area contributed by atoms with Crippen LogP contribution in [0.4, 0.5) is 9.52 Å². The van der Waals surface area contributed by atoms with Crippen LogP contribution in [-0.4, -0.2) is 33.6 Å². The minimum atomic E-state index is -0.493. The maximum atomic E-state index is 13.8. The van der Waals surface area contributed by atoms with Crippen LogP contribution < -0.4 is 9.64 Å². The minimum absolute atomic E-state index is 0. The molecule has 0 unspecified atom stereocenters. The summed E-state index contributed by atoms with van der Waals surface area (Å²) in [6, 6.07) is 12.1. The lowest BCUT2D eigenvalue weighted by Gasteiger charge is -2.20. The Bertz CT molecular complexity index is 1150. The van der Waals surface area contributed by atoms with Crippen LogP contribution in [-0.2, 0) is 11.3 Å². The van der Waals surface area contributed by atoms with Gasteiger partial charge >= 0.3 is 0 Å². The number of imidazole rings is 1. The zero-order chi connectivity index (χ0) is 20.9. The zero-order valence-electron chi connectivity index (χ0n) is 16.9.